The summed E-state index contributed by atoms with van der Waals surface area (Å²) < 4.78 is 0.882. The van der Waals surface area contributed by atoms with E-state index in [1.54, 1.807) is 0 Å². The van der Waals surface area contributed by atoms with E-state index in [-0.39, 0.29) is 5.69 Å². The van der Waals surface area contributed by atoms with Gasteiger partial charge in [0.1, 0.15) is 0 Å². The maximum absolute atomic E-state index is 11.3. The summed E-state index contributed by atoms with van der Waals surface area (Å²) >= 11 is 9.61. The molecular formula is C14H11BrClN3O. The molecule has 0 saturated carbocycles. The number of halogens is 2. The zero-order chi connectivity index (χ0) is 14.1. The van der Waals surface area contributed by atoms with Gasteiger partial charge in [0.2, 0.25) is 0 Å². The van der Waals surface area contributed by atoms with Gasteiger partial charge in [-0.3, -0.25) is 0 Å². The molecule has 0 aliphatic carbocycles. The first kappa shape index (κ1) is 13.3. The molecule has 0 unspecified atom stereocenters. The van der Waals surface area contributed by atoms with Crippen LogP contribution in [0.5, 0.6) is 0 Å². The van der Waals surface area contributed by atoms with E-state index in [0.717, 1.165) is 31.8 Å². The lowest BCUT2D eigenvalue weighted by Crippen LogP contribution is -2.00. The summed E-state index contributed by atoms with van der Waals surface area (Å²) in [5.41, 5.74) is 3.23. The fraction of sp³-hybridized carbons (Fsp3) is 0.0714. The first-order valence-electron chi connectivity index (χ1n) is 6.02. The number of H-pyrrole nitrogens is 2. The average molecular weight is 353 g/mol. The van der Waals surface area contributed by atoms with Crippen molar-refractivity contribution in [2.24, 2.45) is 0 Å². The third-order valence-electron chi connectivity index (χ3n) is 3.03. The van der Waals surface area contributed by atoms with Crippen LogP contribution in [0.25, 0.3) is 11.0 Å². The average Bonchev–Trinajstić information content (AvgIpc) is 2.76. The number of aromatic amines is 2. The number of rotatable bonds is 3. The van der Waals surface area contributed by atoms with E-state index in [1.807, 2.05) is 36.4 Å². The Bertz CT molecular complexity index is 825. The highest BCUT2D eigenvalue weighted by Crippen LogP contribution is 2.27. The highest BCUT2D eigenvalue weighted by Gasteiger charge is 2.06. The van der Waals surface area contributed by atoms with Crippen LogP contribution in [-0.4, -0.2) is 9.97 Å². The lowest BCUT2D eigenvalue weighted by Gasteiger charge is -2.10. The summed E-state index contributed by atoms with van der Waals surface area (Å²) in [4.78, 5) is 16.7. The van der Waals surface area contributed by atoms with Gasteiger partial charge in [0.15, 0.2) is 0 Å². The second-order valence-electron chi connectivity index (χ2n) is 4.40. The predicted molar refractivity (Wildman–Crippen MR) is 85.4 cm³/mol. The number of anilines is 1. The monoisotopic (exact) mass is 351 g/mol. The van der Waals surface area contributed by atoms with Gasteiger partial charge in [0.05, 0.1) is 16.7 Å². The van der Waals surface area contributed by atoms with E-state index in [4.69, 9.17) is 11.6 Å². The van der Waals surface area contributed by atoms with Gasteiger partial charge in [-0.25, -0.2) is 4.79 Å². The van der Waals surface area contributed by atoms with Gasteiger partial charge in [-0.05, 0) is 39.7 Å². The molecule has 0 fully saturated rings. The molecule has 0 amide bonds. The van der Waals surface area contributed by atoms with Crippen LogP contribution in [0.3, 0.4) is 0 Å². The van der Waals surface area contributed by atoms with Gasteiger partial charge in [-0.15, -0.1) is 0 Å². The molecule has 1 heterocycles. The topological polar surface area (TPSA) is 60.7 Å². The van der Waals surface area contributed by atoms with Gasteiger partial charge in [0, 0.05) is 16.0 Å². The molecule has 6 heteroatoms. The molecule has 0 atom stereocenters. The summed E-state index contributed by atoms with van der Waals surface area (Å²) in [7, 11) is 0. The van der Waals surface area contributed by atoms with Crippen molar-refractivity contribution >= 4 is 44.3 Å². The summed E-state index contributed by atoms with van der Waals surface area (Å²) in [6, 6.07) is 11.4. The second-order valence-corrected chi connectivity index (χ2v) is 5.66. The Kier molecular flexibility index (Phi) is 3.54. The third kappa shape index (κ3) is 2.59. The van der Waals surface area contributed by atoms with E-state index in [1.165, 1.54) is 0 Å². The van der Waals surface area contributed by atoms with Crippen LogP contribution < -0.4 is 11.0 Å². The maximum atomic E-state index is 11.3. The second kappa shape index (κ2) is 5.34. The zero-order valence-electron chi connectivity index (χ0n) is 10.3. The van der Waals surface area contributed by atoms with Crippen LogP contribution in [0.15, 0.2) is 45.7 Å². The normalized spacial score (nSPS) is 10.9. The molecule has 3 aromatic rings. The van der Waals surface area contributed by atoms with Crippen LogP contribution in [0, 0.1) is 0 Å². The SMILES string of the molecule is O=c1[nH]c2cc(Br)c(NCc3ccccc3Cl)cc2[nH]1. The van der Waals surface area contributed by atoms with Crippen molar-refractivity contribution in [2.45, 2.75) is 6.54 Å². The lowest BCUT2D eigenvalue weighted by molar-refractivity contribution is 1.15. The summed E-state index contributed by atoms with van der Waals surface area (Å²) in [6.45, 7) is 0.610. The Morgan fingerprint density at radius 1 is 1.15 bits per heavy atom. The number of hydrogen-bond donors (Lipinski definition) is 3. The molecule has 0 spiro atoms. The van der Waals surface area contributed by atoms with Crippen LogP contribution in [-0.2, 0) is 6.54 Å². The highest BCUT2D eigenvalue weighted by molar-refractivity contribution is 9.10. The third-order valence-corrected chi connectivity index (χ3v) is 4.06. The van der Waals surface area contributed by atoms with E-state index >= 15 is 0 Å². The molecule has 1 aromatic heterocycles. The molecule has 0 radical (unpaired) electrons. The van der Waals surface area contributed by atoms with Crippen molar-refractivity contribution in [1.29, 1.82) is 0 Å². The van der Waals surface area contributed by atoms with Crippen LogP contribution in [0.4, 0.5) is 5.69 Å². The molecular weight excluding hydrogens is 342 g/mol. The smallest absolute Gasteiger partial charge is 0.323 e. The van der Waals surface area contributed by atoms with Crippen LogP contribution in [0.1, 0.15) is 5.56 Å². The first-order valence-corrected chi connectivity index (χ1v) is 7.19. The molecule has 0 bridgehead atoms. The van der Waals surface area contributed by atoms with Gasteiger partial charge in [0.25, 0.3) is 0 Å². The van der Waals surface area contributed by atoms with Gasteiger partial charge in [-0.2, -0.15) is 0 Å². The number of aromatic nitrogens is 2. The van der Waals surface area contributed by atoms with E-state index in [0.29, 0.717) is 6.54 Å². The van der Waals surface area contributed by atoms with Crippen molar-refractivity contribution in [1.82, 2.24) is 9.97 Å². The van der Waals surface area contributed by atoms with Crippen molar-refractivity contribution < 1.29 is 0 Å². The largest absolute Gasteiger partial charge is 0.380 e. The predicted octanol–water partition coefficient (Wildman–Crippen LogP) is 3.88. The summed E-state index contributed by atoms with van der Waals surface area (Å²) in [5, 5.41) is 4.03. The number of hydrogen-bond acceptors (Lipinski definition) is 2. The molecule has 20 heavy (non-hydrogen) atoms. The summed E-state index contributed by atoms with van der Waals surface area (Å²) in [6.07, 6.45) is 0. The Hall–Kier alpha value is -1.72. The minimum absolute atomic E-state index is 0.213. The fourth-order valence-electron chi connectivity index (χ4n) is 2.02. The van der Waals surface area contributed by atoms with E-state index in [2.05, 4.69) is 31.2 Å². The maximum Gasteiger partial charge on any atom is 0.323 e. The number of imidazole rings is 1. The Labute approximate surface area is 128 Å². The van der Waals surface area contributed by atoms with Gasteiger partial charge in [-0.1, -0.05) is 29.8 Å². The molecule has 102 valence electrons. The summed E-state index contributed by atoms with van der Waals surface area (Å²) in [5.74, 6) is 0. The quantitative estimate of drug-likeness (QED) is 0.670. The standard InChI is InChI=1S/C14H11BrClN3O/c15-9-5-12-13(19-14(20)18-12)6-11(9)17-7-8-3-1-2-4-10(8)16/h1-6,17H,7H2,(H2,18,19,20). The lowest BCUT2D eigenvalue weighted by atomic mass is 10.2. The van der Waals surface area contributed by atoms with Crippen LogP contribution >= 0.6 is 27.5 Å². The number of fused-ring (bicyclic) bond motifs is 1. The highest BCUT2D eigenvalue weighted by atomic mass is 79.9. The molecule has 0 aliphatic rings. The molecule has 3 rings (SSSR count). The van der Waals surface area contributed by atoms with Crippen molar-refractivity contribution in [3.63, 3.8) is 0 Å². The minimum atomic E-state index is -0.213. The van der Waals surface area contributed by atoms with Crippen molar-refractivity contribution in [3.05, 3.63) is 61.9 Å². The van der Waals surface area contributed by atoms with Crippen molar-refractivity contribution in [2.75, 3.05) is 5.32 Å². The molecule has 4 nitrogen and oxygen atoms in total. The number of nitrogens with one attached hydrogen (secondary N) is 3. The Balaban J connectivity index is 1.89. The Morgan fingerprint density at radius 3 is 2.60 bits per heavy atom. The number of benzene rings is 2. The van der Waals surface area contributed by atoms with Gasteiger partial charge >= 0.3 is 5.69 Å². The molecule has 0 aliphatic heterocycles. The molecule has 2 aromatic carbocycles. The minimum Gasteiger partial charge on any atom is -0.380 e. The molecule has 0 saturated heterocycles. The molecule has 3 N–H and O–H groups in total. The Morgan fingerprint density at radius 2 is 1.85 bits per heavy atom. The van der Waals surface area contributed by atoms with Crippen molar-refractivity contribution in [3.8, 4) is 0 Å². The van der Waals surface area contributed by atoms with Crippen LogP contribution in [0.2, 0.25) is 5.02 Å². The fourth-order valence-corrected chi connectivity index (χ4v) is 2.71. The van der Waals surface area contributed by atoms with E-state index < -0.39 is 0 Å². The van der Waals surface area contributed by atoms with Gasteiger partial charge < -0.3 is 15.3 Å². The zero-order valence-corrected chi connectivity index (χ0v) is 12.7. The first-order chi connectivity index (χ1) is 9.63. The van der Waals surface area contributed by atoms with E-state index in [9.17, 15) is 4.79 Å².